The first-order chi connectivity index (χ1) is 16.7. The Hall–Kier alpha value is -4.07. The zero-order valence-electron chi connectivity index (χ0n) is 18.9. The molecule has 2 fully saturated rings. The van der Waals surface area contributed by atoms with Crippen LogP contribution in [0.2, 0.25) is 0 Å². The van der Waals surface area contributed by atoms with E-state index in [4.69, 9.17) is 4.99 Å². The lowest BCUT2D eigenvalue weighted by atomic mass is 10.0. The summed E-state index contributed by atoms with van der Waals surface area (Å²) in [4.78, 5) is 32.9. The van der Waals surface area contributed by atoms with Crippen molar-refractivity contribution >= 4 is 39.5 Å². The van der Waals surface area contributed by atoms with E-state index in [1.165, 1.54) is 12.1 Å². The van der Waals surface area contributed by atoms with Crippen LogP contribution in [0.1, 0.15) is 30.9 Å². The summed E-state index contributed by atoms with van der Waals surface area (Å²) in [5.74, 6) is 0.685. The zero-order valence-corrected chi connectivity index (χ0v) is 18.9. The van der Waals surface area contributed by atoms with Gasteiger partial charge < -0.3 is 14.9 Å². The molecule has 8 heteroatoms. The molecule has 0 aliphatic carbocycles. The van der Waals surface area contributed by atoms with Crippen LogP contribution in [-0.4, -0.2) is 51.4 Å². The number of hydrogen-bond acceptors (Lipinski definition) is 4. The second-order valence-electron chi connectivity index (χ2n) is 8.91. The van der Waals surface area contributed by atoms with Crippen LogP contribution in [0.15, 0.2) is 72.3 Å². The smallest absolute Gasteiger partial charge is 0.328 e. The zero-order chi connectivity index (χ0) is 23.1. The van der Waals surface area contributed by atoms with Crippen LogP contribution in [0.25, 0.3) is 21.9 Å². The first-order valence-electron chi connectivity index (χ1n) is 11.7. The number of rotatable bonds is 6. The van der Waals surface area contributed by atoms with Crippen LogP contribution in [-0.2, 0) is 0 Å². The van der Waals surface area contributed by atoms with Gasteiger partial charge in [0.1, 0.15) is 11.9 Å². The molecule has 0 spiro atoms. The van der Waals surface area contributed by atoms with Crippen molar-refractivity contribution in [3.05, 3.63) is 72.8 Å². The van der Waals surface area contributed by atoms with Gasteiger partial charge in [-0.3, -0.25) is 15.2 Å². The highest BCUT2D eigenvalue weighted by molar-refractivity contribution is 6.17. The van der Waals surface area contributed by atoms with Crippen LogP contribution in [0.5, 0.6) is 0 Å². The van der Waals surface area contributed by atoms with Crippen molar-refractivity contribution in [3.8, 4) is 0 Å². The molecule has 2 aliphatic rings. The number of anilines is 1. The number of aliphatic imine (C=N–C) groups is 1. The van der Waals surface area contributed by atoms with Gasteiger partial charge in [0.25, 0.3) is 0 Å². The Labute approximate surface area is 197 Å². The number of amides is 2. The van der Waals surface area contributed by atoms with Crippen molar-refractivity contribution in [1.82, 2.24) is 25.2 Å². The van der Waals surface area contributed by atoms with Crippen molar-refractivity contribution < 1.29 is 4.79 Å². The monoisotopic (exact) mass is 453 g/mol. The van der Waals surface area contributed by atoms with E-state index in [1.807, 2.05) is 30.5 Å². The van der Waals surface area contributed by atoms with Gasteiger partial charge >= 0.3 is 6.03 Å². The summed E-state index contributed by atoms with van der Waals surface area (Å²) in [6.07, 6.45) is 6.78. The van der Waals surface area contributed by atoms with Crippen LogP contribution in [0.4, 0.5) is 10.5 Å². The molecule has 172 valence electrons. The number of aromatic amines is 2. The molecule has 8 nitrogen and oxygen atoms in total. The fourth-order valence-electron chi connectivity index (χ4n) is 5.01. The predicted octanol–water partition coefficient (Wildman–Crippen LogP) is 4.71. The summed E-state index contributed by atoms with van der Waals surface area (Å²) in [5, 5.41) is 4.15. The molecule has 4 aromatic rings. The summed E-state index contributed by atoms with van der Waals surface area (Å²) in [6.45, 7) is 6.83. The van der Waals surface area contributed by atoms with E-state index in [0.29, 0.717) is 12.4 Å². The molecular formula is C26H27N7O. The summed E-state index contributed by atoms with van der Waals surface area (Å²) >= 11 is 0. The number of fused-ring (bicyclic) bond motifs is 2. The minimum atomic E-state index is -0.325. The van der Waals surface area contributed by atoms with Crippen LogP contribution in [0.3, 0.4) is 0 Å². The topological polar surface area (TPSA) is 92.4 Å². The second kappa shape index (κ2) is 8.37. The van der Waals surface area contributed by atoms with Gasteiger partial charge in [-0.05, 0) is 66.6 Å². The molecule has 2 aromatic carbocycles. The number of amidine groups is 1. The number of benzene rings is 2. The predicted molar refractivity (Wildman–Crippen MR) is 135 cm³/mol. The highest BCUT2D eigenvalue weighted by Gasteiger charge is 2.39. The summed E-state index contributed by atoms with van der Waals surface area (Å²) < 4.78 is 0. The van der Waals surface area contributed by atoms with E-state index >= 15 is 0 Å². The molecule has 34 heavy (non-hydrogen) atoms. The van der Waals surface area contributed by atoms with Crippen LogP contribution < -0.4 is 10.2 Å². The average molecular weight is 454 g/mol. The van der Waals surface area contributed by atoms with Crippen LogP contribution in [0, 0.1) is 0 Å². The maximum Gasteiger partial charge on any atom is 0.328 e. The Morgan fingerprint density at radius 1 is 1.12 bits per heavy atom. The number of urea groups is 1. The largest absolute Gasteiger partial charge is 0.375 e. The SMILES string of the molecule is C=C1CCCN1CCCN=C1NC(=O)N(c2ccc3nc[nH]c3c2)C1c1ccc2[nH]ccc2c1. The number of likely N-dealkylation sites (tertiary alicyclic amines) is 1. The van der Waals surface area contributed by atoms with Gasteiger partial charge in [0.2, 0.25) is 0 Å². The molecule has 0 radical (unpaired) electrons. The maximum atomic E-state index is 13.2. The third-order valence-electron chi connectivity index (χ3n) is 6.75. The molecule has 1 unspecified atom stereocenters. The van der Waals surface area contributed by atoms with Gasteiger partial charge in [0.05, 0.1) is 17.4 Å². The average Bonchev–Trinajstić information content (AvgIpc) is 3.62. The Morgan fingerprint density at radius 2 is 2.06 bits per heavy atom. The molecule has 2 aliphatic heterocycles. The molecule has 0 saturated carbocycles. The number of carbonyl (C=O) groups excluding carboxylic acids is 1. The standard InChI is InChI=1S/C26H27N7O/c1-17-4-2-12-32(17)13-3-10-28-25-24(19-5-7-21-18(14-19)9-11-27-21)33(26(34)31-25)20-6-8-22-23(15-20)30-16-29-22/h5-9,11,14-16,24,27H,1-4,10,12-13H2,(H,29,30)(H,28,31,34). The Bertz CT molecular complexity index is 1410. The van der Waals surface area contributed by atoms with Gasteiger partial charge in [0.15, 0.2) is 0 Å². The summed E-state index contributed by atoms with van der Waals surface area (Å²) in [6, 6.07) is 13.6. The van der Waals surface area contributed by atoms with E-state index in [9.17, 15) is 4.79 Å². The van der Waals surface area contributed by atoms with E-state index < -0.39 is 0 Å². The number of carbonyl (C=O) groups is 1. The van der Waals surface area contributed by atoms with Crippen molar-refractivity contribution in [2.24, 2.45) is 4.99 Å². The van der Waals surface area contributed by atoms with Crippen LogP contribution >= 0.6 is 0 Å². The number of allylic oxidation sites excluding steroid dienone is 1. The Kier molecular flexibility index (Phi) is 5.05. The first-order valence-corrected chi connectivity index (χ1v) is 11.7. The van der Waals surface area contributed by atoms with E-state index in [-0.39, 0.29) is 12.1 Å². The number of nitrogens with one attached hydrogen (secondary N) is 3. The summed E-state index contributed by atoms with van der Waals surface area (Å²) in [7, 11) is 0. The van der Waals surface area contributed by atoms with Crippen molar-refractivity contribution in [1.29, 1.82) is 0 Å². The highest BCUT2D eigenvalue weighted by atomic mass is 16.2. The lowest BCUT2D eigenvalue weighted by Gasteiger charge is -2.24. The lowest BCUT2D eigenvalue weighted by Crippen LogP contribution is -2.29. The Balaban J connectivity index is 1.33. The molecular weight excluding hydrogens is 426 g/mol. The number of H-pyrrole nitrogens is 2. The molecule has 6 rings (SSSR count). The second-order valence-corrected chi connectivity index (χ2v) is 8.91. The molecule has 3 N–H and O–H groups in total. The summed E-state index contributed by atoms with van der Waals surface area (Å²) in [5.41, 5.74) is 5.86. The van der Waals surface area contributed by atoms with Gasteiger partial charge in [-0.2, -0.15) is 0 Å². The number of hydrogen-bond donors (Lipinski definition) is 3. The first kappa shape index (κ1) is 20.5. The van der Waals surface area contributed by atoms with E-state index in [2.05, 4.69) is 49.9 Å². The molecule has 2 aromatic heterocycles. The van der Waals surface area contributed by atoms with Crippen molar-refractivity contribution in [2.75, 3.05) is 24.5 Å². The fourth-order valence-corrected chi connectivity index (χ4v) is 5.01. The lowest BCUT2D eigenvalue weighted by molar-refractivity contribution is 0.252. The van der Waals surface area contributed by atoms with Crippen molar-refractivity contribution in [2.45, 2.75) is 25.3 Å². The van der Waals surface area contributed by atoms with Gasteiger partial charge in [-0.15, -0.1) is 0 Å². The minimum Gasteiger partial charge on any atom is -0.375 e. The van der Waals surface area contributed by atoms with Gasteiger partial charge in [0, 0.05) is 42.7 Å². The highest BCUT2D eigenvalue weighted by Crippen LogP contribution is 2.34. The number of nitrogens with zero attached hydrogens (tertiary/aromatic N) is 4. The fraction of sp³-hybridized carbons (Fsp3) is 0.269. The normalized spacial score (nSPS) is 19.8. The Morgan fingerprint density at radius 3 is 2.94 bits per heavy atom. The molecule has 2 saturated heterocycles. The third kappa shape index (κ3) is 3.61. The minimum absolute atomic E-state index is 0.176. The molecule has 1 atom stereocenters. The van der Waals surface area contributed by atoms with E-state index in [1.54, 1.807) is 11.2 Å². The maximum absolute atomic E-state index is 13.2. The number of imidazole rings is 1. The van der Waals surface area contributed by atoms with Crippen molar-refractivity contribution in [3.63, 3.8) is 0 Å². The van der Waals surface area contributed by atoms with Gasteiger partial charge in [-0.25, -0.2) is 9.78 Å². The van der Waals surface area contributed by atoms with E-state index in [0.717, 1.165) is 59.1 Å². The number of aromatic nitrogens is 3. The molecule has 2 amide bonds. The quantitative estimate of drug-likeness (QED) is 0.369. The van der Waals surface area contributed by atoms with Gasteiger partial charge in [-0.1, -0.05) is 12.6 Å². The molecule has 0 bridgehead atoms. The molecule has 4 heterocycles. The third-order valence-corrected chi connectivity index (χ3v) is 6.75.